The van der Waals surface area contributed by atoms with E-state index in [0.717, 1.165) is 12.3 Å². The molecule has 0 aliphatic rings. The molecule has 0 spiro atoms. The summed E-state index contributed by atoms with van der Waals surface area (Å²) in [4.78, 5) is 0. The van der Waals surface area contributed by atoms with Crippen LogP contribution in [0.4, 0.5) is 0 Å². The van der Waals surface area contributed by atoms with E-state index in [0.29, 0.717) is 6.61 Å². The minimum absolute atomic E-state index is 0.370. The molecule has 0 aliphatic carbocycles. The third kappa shape index (κ3) is 15.9. The Bertz CT molecular complexity index is 156. The monoisotopic (exact) mass is 270 g/mol. The molecule has 1 heteroatoms. The third-order valence-corrected chi connectivity index (χ3v) is 4.16. The van der Waals surface area contributed by atoms with E-state index in [1.807, 2.05) is 0 Å². The fourth-order valence-corrected chi connectivity index (χ4v) is 2.73. The molecule has 1 nitrogen and oxygen atoms in total. The molecule has 1 N–H and O–H groups in total. The van der Waals surface area contributed by atoms with E-state index >= 15 is 0 Å². The third-order valence-electron chi connectivity index (χ3n) is 4.16. The molecule has 0 amide bonds. The van der Waals surface area contributed by atoms with Gasteiger partial charge in [-0.05, 0) is 12.3 Å². The van der Waals surface area contributed by atoms with Gasteiger partial charge in [0.2, 0.25) is 0 Å². The van der Waals surface area contributed by atoms with Crippen molar-refractivity contribution in [3.63, 3.8) is 0 Å². The number of hydrogen-bond acceptors (Lipinski definition) is 1. The van der Waals surface area contributed by atoms with E-state index in [9.17, 15) is 0 Å². The van der Waals surface area contributed by atoms with Crippen molar-refractivity contribution in [1.82, 2.24) is 0 Å². The molecule has 0 saturated carbocycles. The molecule has 0 saturated heterocycles. The average Bonchev–Trinajstić information content (AvgIpc) is 2.41. The number of aliphatic hydroxyl groups excluding tert-OH is 1. The van der Waals surface area contributed by atoms with Crippen LogP contribution in [0.15, 0.2) is 0 Å². The highest BCUT2D eigenvalue weighted by molar-refractivity contribution is 4.55. The first-order valence-electron chi connectivity index (χ1n) is 8.92. The minimum Gasteiger partial charge on any atom is -0.396 e. The lowest BCUT2D eigenvalue weighted by Gasteiger charge is -2.11. The summed E-state index contributed by atoms with van der Waals surface area (Å²) in [7, 11) is 0. The van der Waals surface area contributed by atoms with Gasteiger partial charge in [0.05, 0.1) is 0 Å². The second kappa shape index (κ2) is 16.0. The molecule has 0 aromatic heterocycles. The van der Waals surface area contributed by atoms with Crippen LogP contribution in [0.3, 0.4) is 0 Å². The van der Waals surface area contributed by atoms with Gasteiger partial charge in [0.25, 0.3) is 0 Å². The topological polar surface area (TPSA) is 20.2 Å². The van der Waals surface area contributed by atoms with Crippen LogP contribution in [-0.2, 0) is 0 Å². The highest BCUT2D eigenvalue weighted by atomic mass is 16.2. The van der Waals surface area contributed by atoms with E-state index in [1.165, 1.54) is 83.5 Å². The van der Waals surface area contributed by atoms with Crippen molar-refractivity contribution in [1.29, 1.82) is 0 Å². The van der Waals surface area contributed by atoms with E-state index in [-0.39, 0.29) is 0 Å². The van der Waals surface area contributed by atoms with Gasteiger partial charge in [-0.1, -0.05) is 97.3 Å². The lowest BCUT2D eigenvalue weighted by molar-refractivity contribution is 0.282. The van der Waals surface area contributed by atoms with Crippen molar-refractivity contribution in [3.05, 3.63) is 0 Å². The first kappa shape index (κ1) is 19.0. The van der Waals surface area contributed by atoms with Gasteiger partial charge in [0.1, 0.15) is 0 Å². The Morgan fingerprint density at radius 1 is 0.632 bits per heavy atom. The number of hydrogen-bond donors (Lipinski definition) is 1. The summed E-state index contributed by atoms with van der Waals surface area (Å²) in [5, 5.41) is 8.70. The van der Waals surface area contributed by atoms with Gasteiger partial charge in [-0.3, -0.25) is 0 Å². The van der Waals surface area contributed by atoms with Crippen LogP contribution >= 0.6 is 0 Å². The van der Waals surface area contributed by atoms with Crippen molar-refractivity contribution in [2.75, 3.05) is 6.61 Å². The SMILES string of the molecule is CCCCCCCCC[C@H](C)CCCCCCCO. The summed E-state index contributed by atoms with van der Waals surface area (Å²) in [6, 6.07) is 0. The second-order valence-corrected chi connectivity index (χ2v) is 6.30. The van der Waals surface area contributed by atoms with Gasteiger partial charge >= 0.3 is 0 Å². The summed E-state index contributed by atoms with van der Waals surface area (Å²) in [6.45, 7) is 5.07. The van der Waals surface area contributed by atoms with Crippen LogP contribution in [0.5, 0.6) is 0 Å². The van der Waals surface area contributed by atoms with Crippen molar-refractivity contribution in [2.24, 2.45) is 5.92 Å². The lowest BCUT2D eigenvalue weighted by atomic mass is 9.96. The fraction of sp³-hybridized carbons (Fsp3) is 1.00. The Morgan fingerprint density at radius 2 is 1.05 bits per heavy atom. The molecule has 19 heavy (non-hydrogen) atoms. The molecule has 0 aromatic rings. The standard InChI is InChI=1S/C18H38O/c1-3-4-5-6-7-9-12-15-18(2)16-13-10-8-11-14-17-19/h18-19H,3-17H2,1-2H3/t18-/m0/s1. The lowest BCUT2D eigenvalue weighted by Crippen LogP contribution is -1.95. The summed E-state index contributed by atoms with van der Waals surface area (Å²) in [5.74, 6) is 0.925. The van der Waals surface area contributed by atoms with E-state index in [4.69, 9.17) is 5.11 Å². The van der Waals surface area contributed by atoms with Crippen molar-refractivity contribution < 1.29 is 5.11 Å². The quantitative estimate of drug-likeness (QED) is 0.357. The maximum absolute atomic E-state index is 8.70. The van der Waals surface area contributed by atoms with E-state index < -0.39 is 0 Å². The minimum atomic E-state index is 0.370. The number of rotatable bonds is 15. The Balaban J connectivity index is 3.10. The normalized spacial score (nSPS) is 12.8. The number of aliphatic hydroxyl groups is 1. The van der Waals surface area contributed by atoms with Gasteiger partial charge in [-0.25, -0.2) is 0 Å². The molecule has 0 bridgehead atoms. The van der Waals surface area contributed by atoms with E-state index in [1.54, 1.807) is 0 Å². The molecule has 0 rings (SSSR count). The summed E-state index contributed by atoms with van der Waals surface area (Å²) in [5.41, 5.74) is 0. The largest absolute Gasteiger partial charge is 0.396 e. The summed E-state index contributed by atoms with van der Waals surface area (Å²) >= 11 is 0. The summed E-state index contributed by atoms with van der Waals surface area (Å²) in [6.07, 6.45) is 19.1. The Kier molecular flexibility index (Phi) is 16.0. The molecule has 0 aromatic carbocycles. The Morgan fingerprint density at radius 3 is 1.53 bits per heavy atom. The van der Waals surface area contributed by atoms with Gasteiger partial charge < -0.3 is 5.11 Å². The zero-order valence-electron chi connectivity index (χ0n) is 13.6. The zero-order valence-corrected chi connectivity index (χ0v) is 13.6. The highest BCUT2D eigenvalue weighted by Gasteiger charge is 2.02. The molecule has 1 atom stereocenters. The zero-order chi connectivity index (χ0) is 14.2. The van der Waals surface area contributed by atoms with E-state index in [2.05, 4.69) is 13.8 Å². The predicted molar refractivity (Wildman–Crippen MR) is 86.6 cm³/mol. The highest BCUT2D eigenvalue weighted by Crippen LogP contribution is 2.18. The molecule has 0 unspecified atom stereocenters. The second-order valence-electron chi connectivity index (χ2n) is 6.30. The Hall–Kier alpha value is -0.0400. The molecule has 0 aliphatic heterocycles. The predicted octanol–water partition coefficient (Wildman–Crippen LogP) is 6.10. The van der Waals surface area contributed by atoms with Crippen LogP contribution in [-0.4, -0.2) is 11.7 Å². The van der Waals surface area contributed by atoms with Crippen molar-refractivity contribution in [2.45, 2.75) is 104 Å². The fourth-order valence-electron chi connectivity index (χ4n) is 2.73. The molecular formula is C18H38O. The van der Waals surface area contributed by atoms with Gasteiger partial charge in [-0.2, -0.15) is 0 Å². The van der Waals surface area contributed by atoms with Crippen LogP contribution < -0.4 is 0 Å². The van der Waals surface area contributed by atoms with Gasteiger partial charge in [0.15, 0.2) is 0 Å². The smallest absolute Gasteiger partial charge is 0.0431 e. The van der Waals surface area contributed by atoms with Crippen molar-refractivity contribution in [3.8, 4) is 0 Å². The molecule has 0 fully saturated rings. The molecule has 0 radical (unpaired) electrons. The summed E-state index contributed by atoms with van der Waals surface area (Å²) < 4.78 is 0. The number of unbranched alkanes of at least 4 members (excludes halogenated alkanes) is 10. The van der Waals surface area contributed by atoms with Crippen LogP contribution in [0.25, 0.3) is 0 Å². The first-order valence-corrected chi connectivity index (χ1v) is 8.92. The van der Waals surface area contributed by atoms with Gasteiger partial charge in [0, 0.05) is 6.61 Å². The maximum Gasteiger partial charge on any atom is 0.0431 e. The first-order chi connectivity index (χ1) is 9.31. The van der Waals surface area contributed by atoms with Gasteiger partial charge in [-0.15, -0.1) is 0 Å². The molecule has 116 valence electrons. The Labute approximate surface area is 122 Å². The molecule has 0 heterocycles. The maximum atomic E-state index is 8.70. The van der Waals surface area contributed by atoms with Crippen LogP contribution in [0.2, 0.25) is 0 Å². The van der Waals surface area contributed by atoms with Crippen LogP contribution in [0, 0.1) is 5.92 Å². The van der Waals surface area contributed by atoms with Crippen LogP contribution in [0.1, 0.15) is 104 Å². The molecular weight excluding hydrogens is 232 g/mol. The van der Waals surface area contributed by atoms with Crippen molar-refractivity contribution >= 4 is 0 Å². The average molecular weight is 271 g/mol.